The number of hydrogen-bond acceptors (Lipinski definition) is 5. The summed E-state index contributed by atoms with van der Waals surface area (Å²) in [4.78, 5) is 12.4. The summed E-state index contributed by atoms with van der Waals surface area (Å²) in [6.45, 7) is 6.76. The van der Waals surface area contributed by atoms with E-state index < -0.39 is 10.0 Å². The lowest BCUT2D eigenvalue weighted by Gasteiger charge is -2.19. The summed E-state index contributed by atoms with van der Waals surface area (Å²) in [5.74, 6) is 0.954. The molecule has 0 fully saturated rings. The van der Waals surface area contributed by atoms with E-state index >= 15 is 0 Å². The molecule has 150 valence electrons. The van der Waals surface area contributed by atoms with Crippen LogP contribution in [0.4, 0.5) is 5.69 Å². The van der Waals surface area contributed by atoms with Crippen LogP contribution in [-0.2, 0) is 10.0 Å². The first-order valence-electron chi connectivity index (χ1n) is 9.09. The molecular formula is C20H24N2O5S. The van der Waals surface area contributed by atoms with Crippen molar-refractivity contribution in [3.05, 3.63) is 48.0 Å². The molecule has 1 atom stereocenters. The number of anilines is 1. The van der Waals surface area contributed by atoms with E-state index in [2.05, 4.69) is 10.0 Å². The average molecular weight is 404 g/mol. The minimum atomic E-state index is -3.84. The van der Waals surface area contributed by atoms with Crippen LogP contribution in [0.1, 0.15) is 31.1 Å². The second-order valence-corrected chi connectivity index (χ2v) is 8.68. The molecule has 7 nitrogen and oxygen atoms in total. The second-order valence-electron chi connectivity index (χ2n) is 7.00. The topological polar surface area (TPSA) is 93.7 Å². The van der Waals surface area contributed by atoms with Crippen molar-refractivity contribution in [2.75, 3.05) is 17.9 Å². The molecule has 0 aromatic heterocycles. The molecule has 2 aromatic rings. The first-order valence-corrected chi connectivity index (χ1v) is 10.6. The maximum atomic E-state index is 12.7. The Hall–Kier alpha value is -2.74. The minimum Gasteiger partial charge on any atom is -0.486 e. The number of amides is 1. The number of hydrogen-bond donors (Lipinski definition) is 2. The van der Waals surface area contributed by atoms with Crippen molar-refractivity contribution in [3.8, 4) is 11.5 Å². The molecule has 0 spiro atoms. The standard InChI is InChI=1S/C20H24N2O5S/c1-13(2)14(3)21-20(23)15-5-4-6-16(11-15)22-28(24,25)17-7-8-18-19(12-17)27-10-9-26-18/h4-8,11-14,22H,9-10H2,1-3H3,(H,21,23). The number of nitrogens with one attached hydrogen (secondary N) is 2. The minimum absolute atomic E-state index is 0.00515. The van der Waals surface area contributed by atoms with Crippen LogP contribution < -0.4 is 19.5 Å². The van der Waals surface area contributed by atoms with Gasteiger partial charge < -0.3 is 14.8 Å². The smallest absolute Gasteiger partial charge is 0.262 e. The largest absolute Gasteiger partial charge is 0.486 e. The fraction of sp³-hybridized carbons (Fsp3) is 0.350. The van der Waals surface area contributed by atoms with Crippen molar-refractivity contribution in [2.45, 2.75) is 31.7 Å². The Kier molecular flexibility index (Phi) is 5.79. The summed E-state index contributed by atoms with van der Waals surface area (Å²) >= 11 is 0. The van der Waals surface area contributed by atoms with Crippen LogP contribution in [0, 0.1) is 5.92 Å². The van der Waals surface area contributed by atoms with E-state index in [9.17, 15) is 13.2 Å². The van der Waals surface area contributed by atoms with Crippen LogP contribution in [-0.4, -0.2) is 33.6 Å². The van der Waals surface area contributed by atoms with E-state index in [1.54, 1.807) is 24.3 Å². The molecule has 0 radical (unpaired) electrons. The van der Waals surface area contributed by atoms with Crippen molar-refractivity contribution < 1.29 is 22.7 Å². The number of ether oxygens (including phenoxy) is 2. The first-order chi connectivity index (χ1) is 13.3. The Morgan fingerprint density at radius 1 is 1.00 bits per heavy atom. The highest BCUT2D eigenvalue weighted by molar-refractivity contribution is 7.92. The molecule has 28 heavy (non-hydrogen) atoms. The third-order valence-corrected chi connectivity index (χ3v) is 5.94. The molecule has 0 saturated carbocycles. The summed E-state index contributed by atoms with van der Waals surface area (Å²) in [5, 5.41) is 2.90. The number of sulfonamides is 1. The van der Waals surface area contributed by atoms with Gasteiger partial charge >= 0.3 is 0 Å². The number of benzene rings is 2. The van der Waals surface area contributed by atoms with Gasteiger partial charge in [0.15, 0.2) is 11.5 Å². The summed E-state index contributed by atoms with van der Waals surface area (Å²) < 4.78 is 38.8. The summed E-state index contributed by atoms with van der Waals surface area (Å²) in [6, 6.07) is 10.8. The van der Waals surface area contributed by atoms with Crippen molar-refractivity contribution in [3.63, 3.8) is 0 Å². The molecule has 8 heteroatoms. The Morgan fingerprint density at radius 2 is 1.71 bits per heavy atom. The number of fused-ring (bicyclic) bond motifs is 1. The zero-order valence-electron chi connectivity index (χ0n) is 16.1. The van der Waals surface area contributed by atoms with Gasteiger partial charge in [-0.3, -0.25) is 9.52 Å². The summed E-state index contributed by atoms with van der Waals surface area (Å²) in [7, 11) is -3.84. The van der Waals surface area contributed by atoms with E-state index in [1.165, 1.54) is 18.2 Å². The molecule has 0 bridgehead atoms. The molecule has 1 heterocycles. The summed E-state index contributed by atoms with van der Waals surface area (Å²) in [5.41, 5.74) is 0.689. The number of carbonyl (C=O) groups is 1. The fourth-order valence-electron chi connectivity index (χ4n) is 2.59. The molecule has 3 rings (SSSR count). The van der Waals surface area contributed by atoms with Crippen LogP contribution in [0.2, 0.25) is 0 Å². The van der Waals surface area contributed by atoms with E-state index in [0.717, 1.165) is 0 Å². The van der Waals surface area contributed by atoms with E-state index in [0.29, 0.717) is 41.9 Å². The monoisotopic (exact) mass is 404 g/mol. The quantitative estimate of drug-likeness (QED) is 0.772. The molecule has 2 N–H and O–H groups in total. The van der Waals surface area contributed by atoms with Gasteiger partial charge in [0, 0.05) is 23.4 Å². The van der Waals surface area contributed by atoms with Gasteiger partial charge in [0.1, 0.15) is 13.2 Å². The highest BCUT2D eigenvalue weighted by Gasteiger charge is 2.20. The fourth-order valence-corrected chi connectivity index (χ4v) is 3.65. The van der Waals surface area contributed by atoms with Crippen LogP contribution >= 0.6 is 0 Å². The van der Waals surface area contributed by atoms with Crippen LogP contribution in [0.15, 0.2) is 47.4 Å². The van der Waals surface area contributed by atoms with Gasteiger partial charge in [-0.05, 0) is 43.2 Å². The molecule has 1 unspecified atom stereocenters. The Balaban J connectivity index is 1.78. The zero-order chi connectivity index (χ0) is 20.3. The molecule has 2 aromatic carbocycles. The Morgan fingerprint density at radius 3 is 2.43 bits per heavy atom. The van der Waals surface area contributed by atoms with Crippen LogP contribution in [0.25, 0.3) is 0 Å². The SMILES string of the molecule is CC(C)C(C)NC(=O)c1cccc(NS(=O)(=O)c2ccc3c(c2)OCCO3)c1. The lowest BCUT2D eigenvalue weighted by molar-refractivity contribution is 0.0930. The molecule has 1 amide bonds. The van der Waals surface area contributed by atoms with Gasteiger partial charge in [-0.1, -0.05) is 19.9 Å². The number of carbonyl (C=O) groups excluding carboxylic acids is 1. The highest BCUT2D eigenvalue weighted by atomic mass is 32.2. The zero-order valence-corrected chi connectivity index (χ0v) is 16.9. The molecule has 1 aliphatic rings. The van der Waals surface area contributed by atoms with Gasteiger partial charge in [0.05, 0.1) is 4.90 Å². The first kappa shape index (κ1) is 20.0. The van der Waals surface area contributed by atoms with Crippen molar-refractivity contribution in [1.29, 1.82) is 0 Å². The van der Waals surface area contributed by atoms with Crippen LogP contribution in [0.5, 0.6) is 11.5 Å². The van der Waals surface area contributed by atoms with E-state index in [-0.39, 0.29) is 16.8 Å². The average Bonchev–Trinajstić information content (AvgIpc) is 2.67. The number of rotatable bonds is 6. The second kappa shape index (κ2) is 8.10. The Bertz CT molecular complexity index is 972. The lowest BCUT2D eigenvalue weighted by atomic mass is 10.1. The van der Waals surface area contributed by atoms with Crippen molar-refractivity contribution >= 4 is 21.6 Å². The predicted molar refractivity (Wildman–Crippen MR) is 106 cm³/mol. The maximum absolute atomic E-state index is 12.7. The van der Waals surface area contributed by atoms with E-state index in [1.807, 2.05) is 20.8 Å². The third-order valence-electron chi connectivity index (χ3n) is 4.56. The van der Waals surface area contributed by atoms with Gasteiger partial charge in [0.25, 0.3) is 15.9 Å². The highest BCUT2D eigenvalue weighted by Crippen LogP contribution is 2.32. The van der Waals surface area contributed by atoms with Gasteiger partial charge in [-0.25, -0.2) is 8.42 Å². The Labute approximate surface area is 165 Å². The third kappa shape index (κ3) is 4.56. The normalized spacial score (nSPS) is 14.4. The van der Waals surface area contributed by atoms with Crippen molar-refractivity contribution in [1.82, 2.24) is 5.32 Å². The van der Waals surface area contributed by atoms with E-state index in [4.69, 9.17) is 9.47 Å². The van der Waals surface area contributed by atoms with Crippen molar-refractivity contribution in [2.24, 2.45) is 5.92 Å². The van der Waals surface area contributed by atoms with Gasteiger partial charge in [0.2, 0.25) is 0 Å². The molecular weight excluding hydrogens is 380 g/mol. The molecule has 1 aliphatic heterocycles. The van der Waals surface area contributed by atoms with Gasteiger partial charge in [-0.15, -0.1) is 0 Å². The van der Waals surface area contributed by atoms with Crippen LogP contribution in [0.3, 0.4) is 0 Å². The lowest BCUT2D eigenvalue weighted by Crippen LogP contribution is -2.36. The van der Waals surface area contributed by atoms with Gasteiger partial charge in [-0.2, -0.15) is 0 Å². The summed E-state index contributed by atoms with van der Waals surface area (Å²) in [6.07, 6.45) is 0. The predicted octanol–water partition coefficient (Wildman–Crippen LogP) is 3.03. The maximum Gasteiger partial charge on any atom is 0.262 e. The molecule has 0 aliphatic carbocycles. The molecule has 0 saturated heterocycles.